The Kier molecular flexibility index (Phi) is 2.66. The molecule has 1 heterocycles. The van der Waals surface area contributed by atoms with E-state index in [1.807, 2.05) is 0 Å². The van der Waals surface area contributed by atoms with Gasteiger partial charge in [-0.2, -0.15) is 0 Å². The van der Waals surface area contributed by atoms with Gasteiger partial charge in [-0.15, -0.1) is 0 Å². The Bertz CT molecular complexity index is 999. The van der Waals surface area contributed by atoms with Crippen molar-refractivity contribution in [2.75, 3.05) is 0 Å². The lowest BCUT2D eigenvalue weighted by Crippen LogP contribution is -2.39. The van der Waals surface area contributed by atoms with Crippen molar-refractivity contribution in [1.29, 1.82) is 0 Å². The van der Waals surface area contributed by atoms with Gasteiger partial charge in [0.25, 0.3) is 0 Å². The smallest absolute Gasteiger partial charge is 0.201 e. The normalized spacial score (nSPS) is 19.6. The topological polar surface area (TPSA) is 3.88 Å². The van der Waals surface area contributed by atoms with Gasteiger partial charge in [0, 0.05) is 17.0 Å². The number of aryl methyl sites for hydroxylation is 2. The molecule has 0 N–H and O–H groups in total. The Balaban J connectivity index is 1.99. The summed E-state index contributed by atoms with van der Waals surface area (Å²) in [5.41, 5.74) is 11.8. The average molecular weight is 312 g/mol. The van der Waals surface area contributed by atoms with E-state index >= 15 is 0 Å². The van der Waals surface area contributed by atoms with Crippen LogP contribution in [0.25, 0.3) is 22.4 Å². The molecule has 2 aliphatic carbocycles. The second-order valence-corrected chi connectivity index (χ2v) is 7.33. The molecule has 1 nitrogen and oxygen atoms in total. The van der Waals surface area contributed by atoms with Crippen molar-refractivity contribution >= 4 is 0 Å². The number of benzene rings is 2. The summed E-state index contributed by atoms with van der Waals surface area (Å²) in [5.74, 6) is 0. The van der Waals surface area contributed by atoms with Crippen molar-refractivity contribution in [1.82, 2.24) is 0 Å². The van der Waals surface area contributed by atoms with E-state index < -0.39 is 0 Å². The number of hydrogen-bond donors (Lipinski definition) is 0. The molecule has 1 unspecified atom stereocenters. The van der Waals surface area contributed by atoms with E-state index in [1.165, 1.54) is 39.1 Å². The molecular weight excluding hydrogens is 290 g/mol. The van der Waals surface area contributed by atoms with Crippen LogP contribution in [0.4, 0.5) is 0 Å². The Morgan fingerprint density at radius 1 is 1.00 bits per heavy atom. The molecule has 0 fully saturated rings. The predicted molar refractivity (Wildman–Crippen MR) is 98.0 cm³/mol. The summed E-state index contributed by atoms with van der Waals surface area (Å²) in [6, 6.07) is 18.2. The SMILES string of the molecule is CCC12Cc3ccc[n+](C)c3-c3c(C)ccc(c31)-c1ccccc12. The van der Waals surface area contributed by atoms with Crippen LogP contribution < -0.4 is 4.57 Å². The fourth-order valence-electron chi connectivity index (χ4n) is 5.15. The first-order chi connectivity index (χ1) is 11.7. The standard InChI is InChI=1S/C23H22N/c1-4-23-14-16-8-7-13-24(3)22(16)20-15(2)11-12-18(21(20)23)17-9-5-6-10-19(17)23/h5-13H,4,14H2,1-3H3/q+1. The third-order valence-electron chi connectivity index (χ3n) is 6.22. The zero-order valence-corrected chi connectivity index (χ0v) is 14.6. The third-order valence-corrected chi connectivity index (χ3v) is 6.22. The molecule has 5 rings (SSSR count). The van der Waals surface area contributed by atoms with E-state index in [9.17, 15) is 0 Å². The monoisotopic (exact) mass is 312 g/mol. The van der Waals surface area contributed by atoms with Gasteiger partial charge in [0.15, 0.2) is 6.20 Å². The summed E-state index contributed by atoms with van der Waals surface area (Å²) in [6.45, 7) is 4.62. The number of aromatic nitrogens is 1. The van der Waals surface area contributed by atoms with Crippen molar-refractivity contribution in [2.45, 2.75) is 32.1 Å². The summed E-state index contributed by atoms with van der Waals surface area (Å²) < 4.78 is 2.31. The van der Waals surface area contributed by atoms with Gasteiger partial charge in [0.1, 0.15) is 7.05 Å². The molecule has 2 aromatic carbocycles. The summed E-state index contributed by atoms with van der Waals surface area (Å²) in [4.78, 5) is 0. The largest absolute Gasteiger partial charge is 0.216 e. The van der Waals surface area contributed by atoms with E-state index in [1.54, 1.807) is 5.56 Å². The van der Waals surface area contributed by atoms with Gasteiger partial charge < -0.3 is 0 Å². The first-order valence-corrected chi connectivity index (χ1v) is 8.89. The number of fused-ring (bicyclic) bond motifs is 5. The fraction of sp³-hybridized carbons (Fsp3) is 0.261. The van der Waals surface area contributed by atoms with Crippen molar-refractivity contribution in [2.24, 2.45) is 7.05 Å². The van der Waals surface area contributed by atoms with Gasteiger partial charge in [-0.05, 0) is 53.6 Å². The maximum absolute atomic E-state index is 2.35. The molecule has 2 aliphatic rings. The van der Waals surface area contributed by atoms with E-state index in [2.05, 4.69) is 80.2 Å². The molecular formula is C23H22N+. The van der Waals surface area contributed by atoms with Crippen LogP contribution in [0, 0.1) is 6.92 Å². The van der Waals surface area contributed by atoms with Crippen LogP contribution >= 0.6 is 0 Å². The molecule has 1 aromatic heterocycles. The Labute approximate surface area is 143 Å². The van der Waals surface area contributed by atoms with E-state index in [-0.39, 0.29) is 5.41 Å². The van der Waals surface area contributed by atoms with Crippen LogP contribution in [0.2, 0.25) is 0 Å². The zero-order valence-electron chi connectivity index (χ0n) is 14.6. The molecule has 0 radical (unpaired) electrons. The molecule has 118 valence electrons. The number of nitrogens with zero attached hydrogens (tertiary/aromatic N) is 1. The lowest BCUT2D eigenvalue weighted by Gasteiger charge is -2.36. The maximum Gasteiger partial charge on any atom is 0.216 e. The summed E-state index contributed by atoms with van der Waals surface area (Å²) in [5, 5.41) is 0. The van der Waals surface area contributed by atoms with Crippen molar-refractivity contribution < 1.29 is 4.57 Å². The van der Waals surface area contributed by atoms with Gasteiger partial charge in [-0.1, -0.05) is 43.3 Å². The maximum atomic E-state index is 2.35. The second kappa shape index (κ2) is 4.57. The minimum absolute atomic E-state index is 0.134. The molecule has 1 heteroatoms. The van der Waals surface area contributed by atoms with Crippen LogP contribution in [0.5, 0.6) is 0 Å². The quantitative estimate of drug-likeness (QED) is 0.573. The van der Waals surface area contributed by atoms with E-state index in [0.29, 0.717) is 0 Å². The van der Waals surface area contributed by atoms with Crippen LogP contribution in [0.3, 0.4) is 0 Å². The molecule has 24 heavy (non-hydrogen) atoms. The predicted octanol–water partition coefficient (Wildman–Crippen LogP) is 4.72. The molecule has 0 spiro atoms. The lowest BCUT2D eigenvalue weighted by molar-refractivity contribution is -0.660. The first-order valence-electron chi connectivity index (χ1n) is 8.89. The molecule has 0 bridgehead atoms. The van der Waals surface area contributed by atoms with Gasteiger partial charge >= 0.3 is 0 Å². The van der Waals surface area contributed by atoms with E-state index in [0.717, 1.165) is 12.8 Å². The molecule has 0 aliphatic heterocycles. The van der Waals surface area contributed by atoms with Gasteiger partial charge in [0.2, 0.25) is 5.69 Å². The Morgan fingerprint density at radius 3 is 2.67 bits per heavy atom. The Morgan fingerprint density at radius 2 is 1.83 bits per heavy atom. The van der Waals surface area contributed by atoms with Crippen LogP contribution in [-0.4, -0.2) is 0 Å². The average Bonchev–Trinajstić information content (AvgIpc) is 2.89. The highest BCUT2D eigenvalue weighted by Gasteiger charge is 2.48. The molecule has 1 atom stereocenters. The number of pyridine rings is 1. The second-order valence-electron chi connectivity index (χ2n) is 7.33. The zero-order chi connectivity index (χ0) is 16.5. The number of rotatable bonds is 1. The number of hydrogen-bond acceptors (Lipinski definition) is 0. The van der Waals surface area contributed by atoms with Crippen molar-refractivity contribution in [3.63, 3.8) is 0 Å². The van der Waals surface area contributed by atoms with Crippen LogP contribution in [0.15, 0.2) is 54.7 Å². The van der Waals surface area contributed by atoms with Crippen LogP contribution in [-0.2, 0) is 18.9 Å². The van der Waals surface area contributed by atoms with Gasteiger partial charge in [-0.3, -0.25) is 0 Å². The third kappa shape index (κ3) is 1.48. The van der Waals surface area contributed by atoms with Crippen molar-refractivity contribution in [3.05, 3.63) is 77.0 Å². The van der Waals surface area contributed by atoms with Gasteiger partial charge in [-0.25, -0.2) is 4.57 Å². The summed E-state index contributed by atoms with van der Waals surface area (Å²) in [6.07, 6.45) is 4.43. The highest BCUT2D eigenvalue weighted by atomic mass is 14.9. The minimum atomic E-state index is 0.134. The molecule has 0 saturated carbocycles. The highest BCUT2D eigenvalue weighted by Crippen LogP contribution is 2.58. The lowest BCUT2D eigenvalue weighted by atomic mass is 9.65. The Hall–Kier alpha value is -2.41. The molecule has 0 amide bonds. The minimum Gasteiger partial charge on any atom is -0.201 e. The summed E-state index contributed by atoms with van der Waals surface area (Å²) in [7, 11) is 2.18. The van der Waals surface area contributed by atoms with Crippen molar-refractivity contribution in [3.8, 4) is 22.4 Å². The highest BCUT2D eigenvalue weighted by molar-refractivity contribution is 5.91. The fourth-order valence-corrected chi connectivity index (χ4v) is 5.15. The molecule has 0 saturated heterocycles. The molecule has 3 aromatic rings. The van der Waals surface area contributed by atoms with Gasteiger partial charge in [0.05, 0.1) is 5.56 Å². The first kappa shape index (κ1) is 14.0. The van der Waals surface area contributed by atoms with Crippen LogP contribution in [0.1, 0.15) is 35.6 Å². The van der Waals surface area contributed by atoms with E-state index in [4.69, 9.17) is 0 Å². The summed E-state index contributed by atoms with van der Waals surface area (Å²) >= 11 is 0.